The molecule has 0 fully saturated rings. The first-order valence-electron chi connectivity index (χ1n) is 8.87. The molecule has 2 aromatic rings. The van der Waals surface area contributed by atoms with Crippen LogP contribution in [0.4, 0.5) is 5.69 Å². The number of ether oxygens (including phenoxy) is 2. The predicted molar refractivity (Wildman–Crippen MR) is 120 cm³/mol. The fourth-order valence-corrected chi connectivity index (χ4v) is 3.06. The molecule has 0 saturated heterocycles. The molecule has 0 saturated carbocycles. The van der Waals surface area contributed by atoms with Crippen molar-refractivity contribution < 1.29 is 19.1 Å². The smallest absolute Gasteiger partial charge is 0.257 e. The van der Waals surface area contributed by atoms with E-state index in [0.29, 0.717) is 46.8 Å². The molecule has 7 nitrogen and oxygen atoms in total. The summed E-state index contributed by atoms with van der Waals surface area (Å²) in [5.74, 6) is -0.00461. The molecule has 0 spiro atoms. The summed E-state index contributed by atoms with van der Waals surface area (Å²) in [5.41, 5.74) is 1.34. The Morgan fingerprint density at radius 3 is 2.55 bits per heavy atom. The maximum atomic E-state index is 12.5. The van der Waals surface area contributed by atoms with Crippen LogP contribution in [0.15, 0.2) is 46.9 Å². The fourth-order valence-electron chi connectivity index (χ4n) is 2.37. The number of hydrogen-bond acceptors (Lipinski definition) is 5. The van der Waals surface area contributed by atoms with Gasteiger partial charge in [0, 0.05) is 19.2 Å². The molecule has 154 valence electrons. The minimum absolute atomic E-state index is 0.0864. The summed E-state index contributed by atoms with van der Waals surface area (Å²) in [4.78, 5) is 24.6. The van der Waals surface area contributed by atoms with Gasteiger partial charge in [0.15, 0.2) is 5.11 Å². The van der Waals surface area contributed by atoms with Gasteiger partial charge >= 0.3 is 0 Å². The number of nitrogens with one attached hydrogen (secondary N) is 3. The monoisotopic (exact) mass is 479 g/mol. The summed E-state index contributed by atoms with van der Waals surface area (Å²) in [6.45, 7) is 3.21. The Morgan fingerprint density at radius 1 is 1.10 bits per heavy atom. The molecule has 0 aliphatic carbocycles. The molecular weight excluding hydrogens is 458 g/mol. The summed E-state index contributed by atoms with van der Waals surface area (Å²) in [6.07, 6.45) is 0. The summed E-state index contributed by atoms with van der Waals surface area (Å²) in [5, 5.41) is 8.33. The van der Waals surface area contributed by atoms with E-state index < -0.39 is 0 Å². The van der Waals surface area contributed by atoms with E-state index in [1.165, 1.54) is 0 Å². The molecule has 9 heteroatoms. The molecule has 0 aromatic heterocycles. The lowest BCUT2D eigenvalue weighted by molar-refractivity contribution is 0.0954. The molecule has 0 aliphatic heterocycles. The molecule has 0 atom stereocenters. The third-order valence-electron chi connectivity index (χ3n) is 3.72. The van der Waals surface area contributed by atoms with Crippen molar-refractivity contribution in [3.63, 3.8) is 0 Å². The normalized spacial score (nSPS) is 10.2. The molecule has 0 heterocycles. The second-order valence-electron chi connectivity index (χ2n) is 5.80. The van der Waals surface area contributed by atoms with Gasteiger partial charge in [0.25, 0.3) is 11.8 Å². The van der Waals surface area contributed by atoms with Crippen LogP contribution >= 0.6 is 28.1 Å². The summed E-state index contributed by atoms with van der Waals surface area (Å²) in [7, 11) is 1.59. The molecular formula is C20H22BrN3O4S. The van der Waals surface area contributed by atoms with Crippen molar-refractivity contribution in [3.05, 3.63) is 58.1 Å². The van der Waals surface area contributed by atoms with Crippen LogP contribution < -0.4 is 20.7 Å². The van der Waals surface area contributed by atoms with E-state index in [1.54, 1.807) is 49.6 Å². The second kappa shape index (κ2) is 11.5. The van der Waals surface area contributed by atoms with E-state index in [4.69, 9.17) is 21.7 Å². The summed E-state index contributed by atoms with van der Waals surface area (Å²) >= 11 is 8.62. The number of rotatable bonds is 8. The van der Waals surface area contributed by atoms with Gasteiger partial charge < -0.3 is 20.1 Å². The predicted octanol–water partition coefficient (Wildman–Crippen LogP) is 3.35. The largest absolute Gasteiger partial charge is 0.490 e. The van der Waals surface area contributed by atoms with Crippen LogP contribution in [0.5, 0.6) is 5.75 Å². The molecule has 29 heavy (non-hydrogen) atoms. The summed E-state index contributed by atoms with van der Waals surface area (Å²) in [6, 6.07) is 11.9. The number of carbonyl (C=O) groups is 2. The zero-order valence-corrected chi connectivity index (χ0v) is 18.5. The zero-order valence-electron chi connectivity index (χ0n) is 16.1. The Kier molecular flexibility index (Phi) is 9.04. The van der Waals surface area contributed by atoms with Crippen LogP contribution in [0.1, 0.15) is 27.6 Å². The molecule has 0 bridgehead atoms. The van der Waals surface area contributed by atoms with Crippen molar-refractivity contribution in [2.45, 2.75) is 6.92 Å². The number of carbonyl (C=O) groups excluding carboxylic acids is 2. The minimum atomic E-state index is -0.387. The lowest BCUT2D eigenvalue weighted by Crippen LogP contribution is -2.35. The van der Waals surface area contributed by atoms with Crippen LogP contribution in [-0.4, -0.2) is 43.8 Å². The minimum Gasteiger partial charge on any atom is -0.490 e. The highest BCUT2D eigenvalue weighted by molar-refractivity contribution is 9.10. The van der Waals surface area contributed by atoms with Gasteiger partial charge in [-0.1, -0.05) is 12.1 Å². The van der Waals surface area contributed by atoms with Crippen molar-refractivity contribution in [2.75, 3.05) is 32.2 Å². The molecule has 2 aromatic carbocycles. The Labute approximate surface area is 183 Å². The number of amides is 2. The molecule has 0 radical (unpaired) electrons. The number of methoxy groups -OCH3 is 1. The highest BCUT2D eigenvalue weighted by atomic mass is 79.9. The van der Waals surface area contributed by atoms with Gasteiger partial charge in [-0.25, -0.2) is 0 Å². The van der Waals surface area contributed by atoms with Crippen molar-refractivity contribution in [1.29, 1.82) is 0 Å². The first-order chi connectivity index (χ1) is 14.0. The van der Waals surface area contributed by atoms with E-state index in [1.807, 2.05) is 6.92 Å². The van der Waals surface area contributed by atoms with Gasteiger partial charge in [-0.3, -0.25) is 14.9 Å². The number of benzene rings is 2. The van der Waals surface area contributed by atoms with Gasteiger partial charge in [-0.05, 0) is 65.4 Å². The topological polar surface area (TPSA) is 88.7 Å². The maximum Gasteiger partial charge on any atom is 0.257 e. The SMILES string of the molecule is CCNC(=O)c1ccccc1NC(=S)NC(=O)c1ccc(OCCOC)c(Br)c1. The van der Waals surface area contributed by atoms with Crippen LogP contribution in [0.2, 0.25) is 0 Å². The molecule has 2 rings (SSSR count). The van der Waals surface area contributed by atoms with Gasteiger partial charge in [-0.2, -0.15) is 0 Å². The first kappa shape index (κ1) is 22.8. The molecule has 3 N–H and O–H groups in total. The second-order valence-corrected chi connectivity index (χ2v) is 7.06. The van der Waals surface area contributed by atoms with Crippen LogP contribution in [0, 0.1) is 0 Å². The number of thiocarbonyl (C=S) groups is 1. The van der Waals surface area contributed by atoms with Crippen molar-refractivity contribution in [1.82, 2.24) is 10.6 Å². The maximum absolute atomic E-state index is 12.5. The highest BCUT2D eigenvalue weighted by Crippen LogP contribution is 2.26. The van der Waals surface area contributed by atoms with Gasteiger partial charge in [-0.15, -0.1) is 0 Å². The highest BCUT2D eigenvalue weighted by Gasteiger charge is 2.14. The van der Waals surface area contributed by atoms with Crippen molar-refractivity contribution in [3.8, 4) is 5.75 Å². The average Bonchev–Trinajstić information content (AvgIpc) is 2.69. The van der Waals surface area contributed by atoms with Crippen LogP contribution in [0.3, 0.4) is 0 Å². The lowest BCUT2D eigenvalue weighted by Gasteiger charge is -2.14. The van der Waals surface area contributed by atoms with Gasteiger partial charge in [0.1, 0.15) is 12.4 Å². The van der Waals surface area contributed by atoms with E-state index in [0.717, 1.165) is 0 Å². The van der Waals surface area contributed by atoms with Gasteiger partial charge in [0.2, 0.25) is 0 Å². The molecule has 2 amide bonds. The van der Waals surface area contributed by atoms with E-state index in [9.17, 15) is 9.59 Å². The van der Waals surface area contributed by atoms with Crippen molar-refractivity contribution >= 4 is 50.8 Å². The van der Waals surface area contributed by atoms with Crippen LogP contribution in [0.25, 0.3) is 0 Å². The van der Waals surface area contributed by atoms with Gasteiger partial charge in [0.05, 0.1) is 22.3 Å². The number of halogens is 1. The third-order valence-corrected chi connectivity index (χ3v) is 4.55. The molecule has 0 unspecified atom stereocenters. The standard InChI is InChI=1S/C20H22BrN3O4S/c1-3-22-19(26)14-6-4-5-7-16(14)23-20(29)24-18(25)13-8-9-17(15(21)12-13)28-11-10-27-2/h4-9,12H,3,10-11H2,1-2H3,(H,22,26)(H2,23,24,25,29). The average molecular weight is 480 g/mol. The van der Waals surface area contributed by atoms with E-state index in [-0.39, 0.29) is 16.9 Å². The third kappa shape index (κ3) is 6.81. The van der Waals surface area contributed by atoms with Crippen molar-refractivity contribution in [2.24, 2.45) is 0 Å². The van der Waals surface area contributed by atoms with E-state index >= 15 is 0 Å². The Morgan fingerprint density at radius 2 is 1.86 bits per heavy atom. The lowest BCUT2D eigenvalue weighted by atomic mass is 10.1. The Hall–Kier alpha value is -2.49. The Balaban J connectivity index is 2.02. The Bertz CT molecular complexity index is 892. The number of hydrogen-bond donors (Lipinski definition) is 3. The zero-order chi connectivity index (χ0) is 21.2. The number of para-hydroxylation sites is 1. The van der Waals surface area contributed by atoms with Crippen LogP contribution in [-0.2, 0) is 4.74 Å². The first-order valence-corrected chi connectivity index (χ1v) is 10.1. The number of anilines is 1. The quantitative estimate of drug-likeness (QED) is 0.397. The molecule has 0 aliphatic rings. The fraction of sp³-hybridized carbons (Fsp3) is 0.250. The summed E-state index contributed by atoms with van der Waals surface area (Å²) < 4.78 is 11.1. The van der Waals surface area contributed by atoms with E-state index in [2.05, 4.69) is 31.9 Å².